The number of aromatic amines is 1. The number of ketones is 1. The van der Waals surface area contributed by atoms with Crippen molar-refractivity contribution in [3.63, 3.8) is 0 Å². The number of nitrogens with one attached hydrogen (secondary N) is 2. The van der Waals surface area contributed by atoms with Gasteiger partial charge in [0.2, 0.25) is 11.6 Å². The van der Waals surface area contributed by atoms with Crippen LogP contribution in [0.3, 0.4) is 0 Å². The first-order chi connectivity index (χ1) is 18.7. The molecule has 2 aromatic heterocycles. The van der Waals surface area contributed by atoms with Crippen LogP contribution >= 0.6 is 11.9 Å². The third-order valence-corrected chi connectivity index (χ3v) is 6.08. The van der Waals surface area contributed by atoms with E-state index in [0.717, 1.165) is 30.5 Å². The number of nitrogens with two attached hydrogens (primary N) is 1. The molecule has 0 spiro atoms. The number of H-pyrrole nitrogens is 1. The molecule has 0 aliphatic heterocycles. The van der Waals surface area contributed by atoms with Gasteiger partial charge in [-0.1, -0.05) is 18.0 Å². The molecule has 0 saturated carbocycles. The summed E-state index contributed by atoms with van der Waals surface area (Å²) in [7, 11) is 0. The monoisotopic (exact) mass is 561 g/mol. The molecule has 5 rings (SSSR count). The number of fused-ring (bicyclic) bond motifs is 1. The second kappa shape index (κ2) is 10.2. The quantitative estimate of drug-likeness (QED) is 0.113. The molecule has 14 heteroatoms. The third kappa shape index (κ3) is 4.69. The van der Waals surface area contributed by atoms with E-state index in [0.29, 0.717) is 21.3 Å². The minimum Gasteiger partial charge on any atom is -0.454 e. The lowest BCUT2D eigenvalue weighted by Crippen LogP contribution is -2.10. The number of carbonyl (C=O) groups excluding carboxylic acids is 1. The minimum absolute atomic E-state index is 0.0455. The molecule has 3 aromatic carbocycles. The molecule has 0 saturated heterocycles. The SMILES string of the molecule is CSNc1cc2[nH]c(C(=O)c3cnn(-c4c(F)cc(Oc5cccc(F)c5F)cc4F)c3N)cc2cc1OF. The van der Waals surface area contributed by atoms with Crippen LogP contribution in [0.2, 0.25) is 0 Å². The fourth-order valence-corrected chi connectivity index (χ4v) is 4.26. The van der Waals surface area contributed by atoms with Crippen LogP contribution in [0.1, 0.15) is 16.1 Å². The number of hydrogen-bond acceptors (Lipinski definition) is 7. The average Bonchev–Trinajstić information content (AvgIpc) is 3.49. The highest BCUT2D eigenvalue weighted by atomic mass is 32.2. The predicted octanol–water partition coefficient (Wildman–Crippen LogP) is 6.47. The molecule has 2 heterocycles. The standard InChI is InChI=1S/C25H16F5N5O3S/c1-39-34-18-9-17-11(6-21(18)38-30)5-19(33-17)24(36)13-10-32-35(25(13)31)23-15(27)7-12(8-16(23)28)37-20-4-2-3-14(26)22(20)29/h2-10,33-34H,31H2,1H3. The first-order valence-electron chi connectivity index (χ1n) is 11.0. The molecular formula is C25H16F5N5O3S. The van der Waals surface area contributed by atoms with Crippen molar-refractivity contribution in [2.24, 2.45) is 0 Å². The average molecular weight is 561 g/mol. The Bertz CT molecular complexity index is 1720. The summed E-state index contributed by atoms with van der Waals surface area (Å²) < 4.78 is 78.8. The number of anilines is 2. The zero-order valence-electron chi connectivity index (χ0n) is 19.7. The summed E-state index contributed by atoms with van der Waals surface area (Å²) in [5.74, 6) is -7.08. The van der Waals surface area contributed by atoms with E-state index in [1.807, 2.05) is 0 Å². The van der Waals surface area contributed by atoms with Gasteiger partial charge in [0.1, 0.15) is 17.3 Å². The normalized spacial score (nSPS) is 11.1. The Hall–Kier alpha value is -4.72. The van der Waals surface area contributed by atoms with Gasteiger partial charge in [0.15, 0.2) is 29.0 Å². The number of nitrogens with zero attached hydrogens (tertiary/aromatic N) is 2. The van der Waals surface area contributed by atoms with Crippen molar-refractivity contribution in [2.75, 3.05) is 16.7 Å². The summed E-state index contributed by atoms with van der Waals surface area (Å²) in [5, 5.41) is 4.31. The smallest absolute Gasteiger partial charge is 0.214 e. The zero-order valence-corrected chi connectivity index (χ0v) is 20.5. The molecule has 0 unspecified atom stereocenters. The molecule has 0 aliphatic carbocycles. The van der Waals surface area contributed by atoms with E-state index in [1.165, 1.54) is 36.2 Å². The highest BCUT2D eigenvalue weighted by Crippen LogP contribution is 2.34. The molecule has 0 aliphatic rings. The van der Waals surface area contributed by atoms with E-state index in [1.54, 1.807) is 6.26 Å². The van der Waals surface area contributed by atoms with Gasteiger partial charge in [0.25, 0.3) is 0 Å². The van der Waals surface area contributed by atoms with Crippen molar-refractivity contribution in [1.82, 2.24) is 14.8 Å². The van der Waals surface area contributed by atoms with Gasteiger partial charge in [0, 0.05) is 33.8 Å². The highest BCUT2D eigenvalue weighted by molar-refractivity contribution is 7.99. The molecular weight excluding hydrogens is 545 g/mol. The van der Waals surface area contributed by atoms with Crippen LogP contribution < -0.4 is 20.1 Å². The molecule has 0 amide bonds. The van der Waals surface area contributed by atoms with E-state index < -0.39 is 46.2 Å². The summed E-state index contributed by atoms with van der Waals surface area (Å²) in [6.45, 7) is 0. The van der Waals surface area contributed by atoms with Gasteiger partial charge in [-0.25, -0.2) is 17.9 Å². The Morgan fingerprint density at radius 3 is 2.49 bits per heavy atom. The van der Waals surface area contributed by atoms with Gasteiger partial charge in [0.05, 0.1) is 23.1 Å². The largest absolute Gasteiger partial charge is 0.454 e. The van der Waals surface area contributed by atoms with Gasteiger partial charge in [-0.3, -0.25) is 9.74 Å². The number of benzene rings is 3. The zero-order chi connectivity index (χ0) is 27.8. The predicted molar refractivity (Wildman–Crippen MR) is 135 cm³/mol. The molecule has 0 atom stereocenters. The fourth-order valence-electron chi connectivity index (χ4n) is 3.89. The van der Waals surface area contributed by atoms with Crippen molar-refractivity contribution in [3.8, 4) is 22.9 Å². The maximum atomic E-state index is 15.0. The van der Waals surface area contributed by atoms with Gasteiger partial charge in [-0.2, -0.15) is 9.49 Å². The number of halogens is 5. The first kappa shape index (κ1) is 25.9. The van der Waals surface area contributed by atoms with E-state index in [-0.39, 0.29) is 22.8 Å². The molecule has 0 bridgehead atoms. The summed E-state index contributed by atoms with van der Waals surface area (Å²) in [6, 6.07) is 8.91. The van der Waals surface area contributed by atoms with E-state index in [2.05, 4.69) is 19.7 Å². The highest BCUT2D eigenvalue weighted by Gasteiger charge is 2.24. The van der Waals surface area contributed by atoms with Crippen LogP contribution in [-0.2, 0) is 0 Å². The van der Waals surface area contributed by atoms with Crippen LogP contribution in [0.4, 0.5) is 33.6 Å². The lowest BCUT2D eigenvalue weighted by atomic mass is 10.1. The molecule has 0 fully saturated rings. The molecule has 5 aromatic rings. The van der Waals surface area contributed by atoms with Crippen LogP contribution in [0.5, 0.6) is 17.2 Å². The van der Waals surface area contributed by atoms with Gasteiger partial charge in [-0.15, -0.1) is 0 Å². The lowest BCUT2D eigenvalue weighted by Gasteiger charge is -2.11. The minimum atomic E-state index is -1.33. The Morgan fingerprint density at radius 2 is 1.79 bits per heavy atom. The molecule has 200 valence electrons. The molecule has 39 heavy (non-hydrogen) atoms. The Labute approximate surface area is 220 Å². The number of nitrogen functional groups attached to an aromatic ring is 1. The van der Waals surface area contributed by atoms with Crippen LogP contribution in [-0.4, -0.2) is 26.8 Å². The molecule has 8 nitrogen and oxygen atoms in total. The van der Waals surface area contributed by atoms with Crippen molar-refractivity contribution >= 4 is 40.1 Å². The summed E-state index contributed by atoms with van der Waals surface area (Å²) >= 11 is 1.20. The fraction of sp³-hybridized carbons (Fsp3) is 0.0400. The van der Waals surface area contributed by atoms with Crippen LogP contribution in [0, 0.1) is 23.3 Å². The molecule has 0 radical (unpaired) electrons. The van der Waals surface area contributed by atoms with E-state index >= 15 is 0 Å². The van der Waals surface area contributed by atoms with Crippen molar-refractivity contribution < 1.29 is 36.6 Å². The van der Waals surface area contributed by atoms with Crippen LogP contribution in [0.25, 0.3) is 16.6 Å². The maximum absolute atomic E-state index is 15.0. The van der Waals surface area contributed by atoms with E-state index in [9.17, 15) is 26.9 Å². The second-order valence-corrected chi connectivity index (χ2v) is 8.69. The van der Waals surface area contributed by atoms with Crippen LogP contribution in [0.15, 0.2) is 54.7 Å². The second-order valence-electron chi connectivity index (χ2n) is 8.08. The number of hydrogen-bond donors (Lipinski definition) is 3. The van der Waals surface area contributed by atoms with Crippen molar-refractivity contribution in [1.29, 1.82) is 0 Å². The Balaban J connectivity index is 1.47. The summed E-state index contributed by atoms with van der Waals surface area (Å²) in [4.78, 5) is 19.9. The van der Waals surface area contributed by atoms with Gasteiger partial charge < -0.3 is 20.2 Å². The van der Waals surface area contributed by atoms with Gasteiger partial charge in [-0.05, 0) is 30.3 Å². The topological polar surface area (TPSA) is 107 Å². The summed E-state index contributed by atoms with van der Waals surface area (Å²) in [5.41, 5.74) is 5.98. The maximum Gasteiger partial charge on any atom is 0.214 e. The molecule has 4 N–H and O–H groups in total. The Kier molecular flexibility index (Phi) is 6.78. The van der Waals surface area contributed by atoms with E-state index in [4.69, 9.17) is 10.5 Å². The number of carbonyl (C=O) groups is 1. The Morgan fingerprint density at radius 1 is 1.05 bits per heavy atom. The number of ether oxygens (including phenoxy) is 1. The third-order valence-electron chi connectivity index (χ3n) is 5.66. The lowest BCUT2D eigenvalue weighted by molar-refractivity contribution is -0.00504. The van der Waals surface area contributed by atoms with Crippen molar-refractivity contribution in [2.45, 2.75) is 0 Å². The number of rotatable bonds is 8. The first-order valence-corrected chi connectivity index (χ1v) is 12.2. The number of aromatic nitrogens is 3. The van der Waals surface area contributed by atoms with Crippen molar-refractivity contribution in [3.05, 3.63) is 89.3 Å². The summed E-state index contributed by atoms with van der Waals surface area (Å²) in [6.07, 6.45) is 2.76. The van der Waals surface area contributed by atoms with Gasteiger partial charge >= 0.3 is 0 Å².